The molecule has 31 heavy (non-hydrogen) atoms. The quantitative estimate of drug-likeness (QED) is 0.523. The van der Waals surface area contributed by atoms with Gasteiger partial charge < -0.3 is 15.4 Å². The summed E-state index contributed by atoms with van der Waals surface area (Å²) in [4.78, 5) is 26.0. The van der Waals surface area contributed by atoms with Crippen LogP contribution >= 0.6 is 0 Å². The summed E-state index contributed by atoms with van der Waals surface area (Å²) in [7, 11) is 0. The SMILES string of the molecule is [2H]C([2H])([2H])N(C(=O)c1cc2c(cn1)nc(N)c1cncn12)[C@]1([2H])COc2cc(C(F)(F)F)ccc21. The van der Waals surface area contributed by atoms with Gasteiger partial charge in [0, 0.05) is 16.7 Å². The van der Waals surface area contributed by atoms with E-state index in [0.29, 0.717) is 28.7 Å². The molecule has 0 radical (unpaired) electrons. The summed E-state index contributed by atoms with van der Waals surface area (Å²) in [5.41, 5.74) is 5.45. The summed E-state index contributed by atoms with van der Waals surface area (Å²) >= 11 is 0. The number of nitrogen functional groups attached to an aromatic ring is 1. The molecule has 0 aliphatic carbocycles. The van der Waals surface area contributed by atoms with Crippen LogP contribution in [0.1, 0.15) is 33.1 Å². The Balaban J connectivity index is 1.62. The minimum Gasteiger partial charge on any atom is -0.491 e. The minimum atomic E-state index is -4.67. The number of aromatic nitrogens is 4. The van der Waals surface area contributed by atoms with Crippen molar-refractivity contribution >= 4 is 28.3 Å². The second-order valence-corrected chi connectivity index (χ2v) is 6.79. The predicted octanol–water partition coefficient (Wildman–Crippen LogP) is 3.08. The summed E-state index contributed by atoms with van der Waals surface area (Å²) in [5, 5.41) is 0. The van der Waals surface area contributed by atoms with Crippen LogP contribution in [0.2, 0.25) is 0 Å². The van der Waals surface area contributed by atoms with E-state index in [1.807, 2.05) is 0 Å². The number of benzene rings is 1. The molecule has 1 aliphatic rings. The Bertz CT molecular complexity index is 1510. The van der Waals surface area contributed by atoms with Gasteiger partial charge in [0.2, 0.25) is 0 Å². The van der Waals surface area contributed by atoms with Gasteiger partial charge in [-0.2, -0.15) is 13.2 Å². The number of alkyl halides is 3. The number of hydrogen-bond donors (Lipinski definition) is 1. The predicted molar refractivity (Wildman–Crippen MR) is 104 cm³/mol. The van der Waals surface area contributed by atoms with E-state index in [9.17, 15) is 18.0 Å². The molecule has 5 rings (SSSR count). The molecule has 2 N–H and O–H groups in total. The van der Waals surface area contributed by atoms with Crippen molar-refractivity contribution in [1.29, 1.82) is 0 Å². The third-order valence-electron chi connectivity index (χ3n) is 4.94. The number of likely N-dealkylation sites (N-methyl/N-ethyl adjacent to an activating group) is 1. The third-order valence-corrected chi connectivity index (χ3v) is 4.94. The number of carbonyl (C=O) groups is 1. The molecule has 1 aliphatic heterocycles. The lowest BCUT2D eigenvalue weighted by Gasteiger charge is -2.23. The Kier molecular flexibility index (Phi) is 3.17. The maximum Gasteiger partial charge on any atom is 0.416 e. The number of fused-ring (bicyclic) bond motifs is 4. The van der Waals surface area contributed by atoms with Crippen molar-refractivity contribution in [2.75, 3.05) is 19.3 Å². The van der Waals surface area contributed by atoms with Crippen molar-refractivity contribution in [3.8, 4) is 5.75 Å². The average Bonchev–Trinajstić information content (AvgIpc) is 3.38. The van der Waals surface area contributed by atoms with Crippen LogP contribution in [0.4, 0.5) is 19.0 Å². The number of carbonyl (C=O) groups excluding carboxylic acids is 1. The molecule has 0 fully saturated rings. The maximum atomic E-state index is 13.5. The first-order valence-corrected chi connectivity index (χ1v) is 8.87. The van der Waals surface area contributed by atoms with Crippen LogP contribution in [0, 0.1) is 0 Å². The number of halogens is 3. The molecule has 8 nitrogen and oxygen atoms in total. The first-order chi connectivity index (χ1) is 16.3. The fraction of sp³-hybridized carbons (Fsp3) is 0.200. The molecular formula is C20H15F3N6O2. The molecule has 4 aromatic rings. The van der Waals surface area contributed by atoms with E-state index in [-0.39, 0.29) is 27.7 Å². The maximum absolute atomic E-state index is 13.5. The number of imidazole rings is 1. The average molecular weight is 432 g/mol. The fourth-order valence-electron chi connectivity index (χ4n) is 3.40. The van der Waals surface area contributed by atoms with Crippen LogP contribution < -0.4 is 10.5 Å². The van der Waals surface area contributed by atoms with Gasteiger partial charge in [-0.3, -0.25) is 9.20 Å². The lowest BCUT2D eigenvalue weighted by molar-refractivity contribution is -0.137. The zero-order valence-electron chi connectivity index (χ0n) is 19.5. The monoisotopic (exact) mass is 432 g/mol. The molecule has 1 amide bonds. The van der Waals surface area contributed by atoms with Crippen LogP contribution in [-0.4, -0.2) is 43.7 Å². The number of rotatable bonds is 2. The number of ether oxygens (including phenoxy) is 1. The van der Waals surface area contributed by atoms with Gasteiger partial charge in [0.05, 0.1) is 37.2 Å². The standard InChI is InChI=1S/C20H15F3N6O2/c1-28(16-8-31-17-4-10(20(21,22)23)2-3-11(16)17)19(30)12-5-14-13(6-26-12)27-18(24)15-7-25-9-29(14)15/h2-7,9,16H,8H2,1H3,(H2,24,27)/t16-/m1/s1/i1D3,16D. The molecule has 0 spiro atoms. The van der Waals surface area contributed by atoms with Gasteiger partial charge in [0.1, 0.15) is 34.9 Å². The molecule has 158 valence electrons. The molecule has 3 aromatic heterocycles. The van der Waals surface area contributed by atoms with Gasteiger partial charge in [0.15, 0.2) is 0 Å². The summed E-state index contributed by atoms with van der Waals surface area (Å²) < 4.78 is 78.8. The Morgan fingerprint density at radius 1 is 1.35 bits per heavy atom. The molecule has 11 heteroatoms. The van der Waals surface area contributed by atoms with E-state index in [0.717, 1.165) is 6.07 Å². The molecule has 1 aromatic carbocycles. The van der Waals surface area contributed by atoms with Crippen molar-refractivity contribution in [3.63, 3.8) is 0 Å². The van der Waals surface area contributed by atoms with E-state index >= 15 is 0 Å². The van der Waals surface area contributed by atoms with E-state index in [2.05, 4.69) is 15.0 Å². The summed E-state index contributed by atoms with van der Waals surface area (Å²) in [5.74, 6) is -1.31. The Morgan fingerprint density at radius 2 is 2.19 bits per heavy atom. The summed E-state index contributed by atoms with van der Waals surface area (Å²) in [6.07, 6.45) is -0.562. The minimum absolute atomic E-state index is 0.169. The van der Waals surface area contributed by atoms with Crippen molar-refractivity contribution in [2.24, 2.45) is 0 Å². The molecule has 0 bridgehead atoms. The van der Waals surface area contributed by atoms with Crippen molar-refractivity contribution in [2.45, 2.75) is 12.2 Å². The zero-order chi connectivity index (χ0) is 25.3. The van der Waals surface area contributed by atoms with Crippen LogP contribution in [0.3, 0.4) is 0 Å². The van der Waals surface area contributed by atoms with Gasteiger partial charge in [0.25, 0.3) is 5.91 Å². The fourth-order valence-corrected chi connectivity index (χ4v) is 3.40. The summed E-state index contributed by atoms with van der Waals surface area (Å²) in [6, 6.07) is 1.26. The molecular weight excluding hydrogens is 413 g/mol. The van der Waals surface area contributed by atoms with Crippen molar-refractivity contribution in [3.05, 3.63) is 59.8 Å². The van der Waals surface area contributed by atoms with E-state index in [4.69, 9.17) is 16.0 Å². The number of amides is 1. The van der Waals surface area contributed by atoms with Gasteiger partial charge >= 0.3 is 6.18 Å². The highest BCUT2D eigenvalue weighted by molar-refractivity contribution is 5.96. The molecule has 0 saturated heterocycles. The number of hydrogen-bond acceptors (Lipinski definition) is 6. The third kappa shape index (κ3) is 3.00. The Hall–Kier alpha value is -3.89. The summed E-state index contributed by atoms with van der Waals surface area (Å²) in [6.45, 7) is -3.85. The van der Waals surface area contributed by atoms with Crippen LogP contribution in [0.25, 0.3) is 16.6 Å². The van der Waals surface area contributed by atoms with Gasteiger partial charge in [-0.15, -0.1) is 0 Å². The zero-order valence-corrected chi connectivity index (χ0v) is 15.5. The second-order valence-electron chi connectivity index (χ2n) is 6.79. The van der Waals surface area contributed by atoms with Gasteiger partial charge in [-0.1, -0.05) is 6.07 Å². The van der Waals surface area contributed by atoms with E-state index in [1.54, 1.807) is 4.40 Å². The first-order valence-electron chi connectivity index (χ1n) is 10.9. The molecule has 0 saturated carbocycles. The topological polar surface area (TPSA) is 98.6 Å². The first kappa shape index (κ1) is 15.0. The highest BCUT2D eigenvalue weighted by Gasteiger charge is 2.36. The number of nitrogens with two attached hydrogens (primary N) is 1. The van der Waals surface area contributed by atoms with Gasteiger partial charge in [-0.05, 0) is 18.2 Å². The van der Waals surface area contributed by atoms with E-state index < -0.39 is 37.2 Å². The Labute approximate surface area is 178 Å². The normalized spacial score (nSPS) is 20.5. The van der Waals surface area contributed by atoms with Crippen molar-refractivity contribution < 1.29 is 28.2 Å². The number of pyridine rings is 1. The Morgan fingerprint density at radius 3 is 2.97 bits per heavy atom. The smallest absolute Gasteiger partial charge is 0.416 e. The molecule has 1 atom stereocenters. The largest absolute Gasteiger partial charge is 0.491 e. The number of nitrogens with zero attached hydrogens (tertiary/aromatic N) is 5. The van der Waals surface area contributed by atoms with Crippen LogP contribution in [-0.2, 0) is 6.18 Å². The van der Waals surface area contributed by atoms with Crippen molar-refractivity contribution in [1.82, 2.24) is 24.3 Å². The van der Waals surface area contributed by atoms with Crippen LogP contribution in [0.15, 0.2) is 43.0 Å². The molecule has 4 heterocycles. The van der Waals surface area contributed by atoms with Crippen LogP contribution in [0.5, 0.6) is 5.75 Å². The van der Waals surface area contributed by atoms with E-state index in [1.165, 1.54) is 24.8 Å². The highest BCUT2D eigenvalue weighted by Crippen LogP contribution is 2.40. The van der Waals surface area contributed by atoms with Gasteiger partial charge in [-0.25, -0.2) is 15.0 Å². The second kappa shape index (κ2) is 6.56. The lowest BCUT2D eigenvalue weighted by atomic mass is 10.0. The number of anilines is 1. The molecule has 0 unspecified atom stereocenters. The lowest BCUT2D eigenvalue weighted by Crippen LogP contribution is -2.32. The highest BCUT2D eigenvalue weighted by atomic mass is 19.4.